The summed E-state index contributed by atoms with van der Waals surface area (Å²) in [4.78, 5) is 11.7. The summed E-state index contributed by atoms with van der Waals surface area (Å²) >= 11 is 0. The van der Waals surface area contributed by atoms with E-state index >= 15 is 0 Å². The van der Waals surface area contributed by atoms with Crippen molar-refractivity contribution in [3.8, 4) is 0 Å². The maximum atomic E-state index is 13.4. The predicted octanol–water partition coefficient (Wildman–Crippen LogP) is 3.38. The molecule has 2 aromatic rings. The minimum atomic E-state index is -0.251. The highest BCUT2D eigenvalue weighted by atomic mass is 19.1. The van der Waals surface area contributed by atoms with Crippen LogP contribution in [0.2, 0.25) is 0 Å². The first kappa shape index (κ1) is 14.3. The molecule has 20 heavy (non-hydrogen) atoms. The van der Waals surface area contributed by atoms with Gasteiger partial charge in [0, 0.05) is 13.0 Å². The van der Waals surface area contributed by atoms with Crippen molar-refractivity contribution in [2.24, 2.45) is 0 Å². The fraction of sp³-hybridized carbons (Fsp3) is 0.235. The topological polar surface area (TPSA) is 29.1 Å². The van der Waals surface area contributed by atoms with Gasteiger partial charge in [-0.15, -0.1) is 0 Å². The van der Waals surface area contributed by atoms with E-state index in [1.807, 2.05) is 31.2 Å². The van der Waals surface area contributed by atoms with Gasteiger partial charge in [-0.2, -0.15) is 0 Å². The van der Waals surface area contributed by atoms with Crippen LogP contribution in [0.3, 0.4) is 0 Å². The van der Waals surface area contributed by atoms with Crippen LogP contribution in [0.1, 0.15) is 23.1 Å². The van der Waals surface area contributed by atoms with E-state index < -0.39 is 0 Å². The smallest absolute Gasteiger partial charge is 0.220 e. The first-order chi connectivity index (χ1) is 9.65. The number of hydrogen-bond acceptors (Lipinski definition) is 1. The van der Waals surface area contributed by atoms with Crippen molar-refractivity contribution in [3.63, 3.8) is 0 Å². The summed E-state index contributed by atoms with van der Waals surface area (Å²) < 4.78 is 13.4. The van der Waals surface area contributed by atoms with E-state index in [1.165, 1.54) is 11.6 Å². The molecule has 0 saturated heterocycles. The molecule has 2 aromatic carbocycles. The van der Waals surface area contributed by atoms with Crippen LogP contribution in [0.4, 0.5) is 4.39 Å². The first-order valence-electron chi connectivity index (χ1n) is 6.71. The van der Waals surface area contributed by atoms with E-state index in [0.29, 0.717) is 24.9 Å². The minimum absolute atomic E-state index is 0.0613. The second kappa shape index (κ2) is 6.85. The highest BCUT2D eigenvalue weighted by Crippen LogP contribution is 2.09. The lowest BCUT2D eigenvalue weighted by Gasteiger charge is -2.06. The maximum absolute atomic E-state index is 13.4. The molecule has 3 heteroatoms. The molecule has 0 aliphatic carbocycles. The molecule has 0 fully saturated rings. The van der Waals surface area contributed by atoms with Crippen LogP contribution in [-0.2, 0) is 17.8 Å². The second-order valence-electron chi connectivity index (χ2n) is 4.85. The van der Waals surface area contributed by atoms with Crippen molar-refractivity contribution < 1.29 is 9.18 Å². The Bertz CT molecular complexity index is 578. The molecule has 0 unspecified atom stereocenters. The molecular formula is C17H18FNO. The summed E-state index contributed by atoms with van der Waals surface area (Å²) in [7, 11) is 0. The average molecular weight is 271 g/mol. The van der Waals surface area contributed by atoms with Crippen molar-refractivity contribution in [1.29, 1.82) is 0 Å². The third kappa shape index (κ3) is 4.19. The van der Waals surface area contributed by atoms with Crippen LogP contribution in [0.5, 0.6) is 0 Å². The monoisotopic (exact) mass is 271 g/mol. The number of benzene rings is 2. The number of nitrogens with one attached hydrogen (secondary N) is 1. The van der Waals surface area contributed by atoms with E-state index in [4.69, 9.17) is 0 Å². The van der Waals surface area contributed by atoms with Gasteiger partial charge in [0.15, 0.2) is 0 Å². The number of amides is 1. The Morgan fingerprint density at radius 2 is 1.80 bits per heavy atom. The number of carbonyl (C=O) groups is 1. The molecule has 1 N–H and O–H groups in total. The van der Waals surface area contributed by atoms with E-state index in [2.05, 4.69) is 5.32 Å². The molecule has 1 amide bonds. The number of halogens is 1. The van der Waals surface area contributed by atoms with E-state index in [-0.39, 0.29) is 11.7 Å². The van der Waals surface area contributed by atoms with Crippen molar-refractivity contribution in [1.82, 2.24) is 5.32 Å². The zero-order valence-corrected chi connectivity index (χ0v) is 11.5. The Balaban J connectivity index is 1.78. The number of carbonyl (C=O) groups excluding carboxylic acids is 1. The Labute approximate surface area is 118 Å². The lowest BCUT2D eigenvalue weighted by Crippen LogP contribution is -2.23. The number of aryl methyl sites for hydroxylation is 2. The van der Waals surface area contributed by atoms with Crippen LogP contribution in [-0.4, -0.2) is 5.91 Å². The molecule has 0 radical (unpaired) electrons. The summed E-state index contributed by atoms with van der Waals surface area (Å²) in [5, 5.41) is 2.85. The first-order valence-corrected chi connectivity index (χ1v) is 6.71. The Morgan fingerprint density at radius 1 is 1.10 bits per heavy atom. The zero-order chi connectivity index (χ0) is 14.4. The molecule has 0 bridgehead atoms. The molecule has 0 saturated carbocycles. The average Bonchev–Trinajstić information content (AvgIpc) is 2.46. The van der Waals surface area contributed by atoms with Crippen LogP contribution in [0.15, 0.2) is 48.5 Å². The molecule has 0 heterocycles. The van der Waals surface area contributed by atoms with Crippen molar-refractivity contribution in [3.05, 3.63) is 71.0 Å². The number of rotatable bonds is 5. The third-order valence-corrected chi connectivity index (χ3v) is 3.19. The quantitative estimate of drug-likeness (QED) is 0.887. The highest BCUT2D eigenvalue weighted by Gasteiger charge is 2.05. The van der Waals surface area contributed by atoms with Gasteiger partial charge in [0.1, 0.15) is 5.82 Å². The van der Waals surface area contributed by atoms with Gasteiger partial charge in [0.2, 0.25) is 5.91 Å². The van der Waals surface area contributed by atoms with Gasteiger partial charge in [-0.3, -0.25) is 4.79 Å². The van der Waals surface area contributed by atoms with Crippen LogP contribution in [0.25, 0.3) is 0 Å². The van der Waals surface area contributed by atoms with Gasteiger partial charge in [-0.05, 0) is 30.5 Å². The fourth-order valence-corrected chi connectivity index (χ4v) is 1.94. The summed E-state index contributed by atoms with van der Waals surface area (Å²) in [6, 6.07) is 14.6. The molecule has 0 aliphatic heterocycles. The van der Waals surface area contributed by atoms with Gasteiger partial charge < -0.3 is 5.32 Å². The van der Waals surface area contributed by atoms with Crippen molar-refractivity contribution in [2.75, 3.05) is 0 Å². The van der Waals surface area contributed by atoms with Crippen LogP contribution >= 0.6 is 0 Å². The van der Waals surface area contributed by atoms with Gasteiger partial charge >= 0.3 is 0 Å². The van der Waals surface area contributed by atoms with Gasteiger partial charge in [0.25, 0.3) is 0 Å². The normalized spacial score (nSPS) is 10.3. The fourth-order valence-electron chi connectivity index (χ4n) is 1.94. The summed E-state index contributed by atoms with van der Waals surface area (Å²) in [5.74, 6) is -0.312. The predicted molar refractivity (Wildman–Crippen MR) is 77.7 cm³/mol. The van der Waals surface area contributed by atoms with E-state index in [1.54, 1.807) is 18.2 Å². The lowest BCUT2D eigenvalue weighted by atomic mass is 10.1. The van der Waals surface area contributed by atoms with Gasteiger partial charge in [-0.25, -0.2) is 4.39 Å². The molecule has 2 nitrogen and oxygen atoms in total. The molecule has 2 rings (SSSR count). The zero-order valence-electron chi connectivity index (χ0n) is 11.5. The Kier molecular flexibility index (Phi) is 4.88. The summed E-state index contributed by atoms with van der Waals surface area (Å²) in [6.07, 6.45) is 0.721. The Hall–Kier alpha value is -2.16. The minimum Gasteiger partial charge on any atom is -0.352 e. The molecule has 0 atom stereocenters. The third-order valence-electron chi connectivity index (χ3n) is 3.19. The molecule has 0 spiro atoms. The largest absolute Gasteiger partial charge is 0.352 e. The van der Waals surface area contributed by atoms with Crippen molar-refractivity contribution >= 4 is 5.91 Å². The van der Waals surface area contributed by atoms with Crippen LogP contribution in [0, 0.1) is 12.7 Å². The SMILES string of the molecule is Cc1ccc(CNC(=O)CCc2ccccc2F)cc1. The summed E-state index contributed by atoms with van der Waals surface area (Å²) in [6.45, 7) is 2.53. The van der Waals surface area contributed by atoms with Crippen LogP contribution < -0.4 is 5.32 Å². The molecule has 104 valence electrons. The van der Waals surface area contributed by atoms with Gasteiger partial charge in [0.05, 0.1) is 0 Å². The summed E-state index contributed by atoms with van der Waals surface area (Å²) in [5.41, 5.74) is 2.84. The molecule has 0 aliphatic rings. The molecule has 0 aromatic heterocycles. The second-order valence-corrected chi connectivity index (χ2v) is 4.85. The van der Waals surface area contributed by atoms with Crippen molar-refractivity contribution in [2.45, 2.75) is 26.3 Å². The maximum Gasteiger partial charge on any atom is 0.220 e. The van der Waals surface area contributed by atoms with Gasteiger partial charge in [-0.1, -0.05) is 48.0 Å². The Morgan fingerprint density at radius 3 is 2.50 bits per heavy atom. The number of hydrogen-bond donors (Lipinski definition) is 1. The standard InChI is InChI=1S/C17H18FNO/c1-13-6-8-14(9-7-13)12-19-17(20)11-10-15-4-2-3-5-16(15)18/h2-9H,10-12H2,1H3,(H,19,20). The van der Waals surface area contributed by atoms with E-state index in [9.17, 15) is 9.18 Å². The molecular weight excluding hydrogens is 253 g/mol. The van der Waals surface area contributed by atoms with E-state index in [0.717, 1.165) is 5.56 Å². The lowest BCUT2D eigenvalue weighted by molar-refractivity contribution is -0.121. The highest BCUT2D eigenvalue weighted by molar-refractivity contribution is 5.76.